The first kappa shape index (κ1) is 14.9. The number of nitriles is 1. The van der Waals surface area contributed by atoms with Gasteiger partial charge in [0.25, 0.3) is 0 Å². The van der Waals surface area contributed by atoms with Crippen LogP contribution < -0.4 is 4.72 Å². The SMILES string of the molecule is N#Cc1ncccc1S(=O)(=O)NC1(CO)CCOCC1. The Morgan fingerprint density at radius 3 is 2.80 bits per heavy atom. The highest BCUT2D eigenvalue weighted by Gasteiger charge is 2.37. The average Bonchev–Trinajstić information content (AvgIpc) is 2.47. The summed E-state index contributed by atoms with van der Waals surface area (Å²) in [4.78, 5) is 3.56. The monoisotopic (exact) mass is 297 g/mol. The number of nitrogens with one attached hydrogen (secondary N) is 1. The lowest BCUT2D eigenvalue weighted by atomic mass is 9.93. The molecule has 0 atom stereocenters. The van der Waals surface area contributed by atoms with Crippen molar-refractivity contribution in [3.05, 3.63) is 24.0 Å². The normalized spacial score (nSPS) is 18.4. The molecule has 1 saturated heterocycles. The summed E-state index contributed by atoms with van der Waals surface area (Å²) in [6.45, 7) is 0.431. The average molecular weight is 297 g/mol. The number of hydrogen-bond donors (Lipinski definition) is 2. The first-order valence-corrected chi connectivity index (χ1v) is 7.59. The Bertz CT molecular complexity index is 618. The molecule has 2 rings (SSSR count). The van der Waals surface area contributed by atoms with Crippen LogP contribution in [-0.4, -0.2) is 43.9 Å². The van der Waals surface area contributed by atoms with E-state index in [2.05, 4.69) is 9.71 Å². The van der Waals surface area contributed by atoms with Gasteiger partial charge in [0.15, 0.2) is 5.69 Å². The lowest BCUT2D eigenvalue weighted by molar-refractivity contribution is 0.0223. The number of rotatable bonds is 4. The van der Waals surface area contributed by atoms with Crippen molar-refractivity contribution >= 4 is 10.0 Å². The zero-order valence-electron chi connectivity index (χ0n) is 10.7. The molecule has 0 aromatic carbocycles. The molecule has 0 radical (unpaired) electrons. The Morgan fingerprint density at radius 1 is 1.50 bits per heavy atom. The van der Waals surface area contributed by atoms with Crippen LogP contribution in [0.2, 0.25) is 0 Å². The van der Waals surface area contributed by atoms with Crippen molar-refractivity contribution < 1.29 is 18.3 Å². The van der Waals surface area contributed by atoms with Crippen LogP contribution in [0.4, 0.5) is 0 Å². The van der Waals surface area contributed by atoms with Crippen molar-refractivity contribution in [3.8, 4) is 6.07 Å². The van der Waals surface area contributed by atoms with E-state index in [0.29, 0.717) is 26.1 Å². The number of pyridine rings is 1. The topological polar surface area (TPSA) is 112 Å². The van der Waals surface area contributed by atoms with Crippen LogP contribution in [0.1, 0.15) is 18.5 Å². The number of hydrogen-bond acceptors (Lipinski definition) is 6. The van der Waals surface area contributed by atoms with E-state index in [0.717, 1.165) is 0 Å². The van der Waals surface area contributed by atoms with Gasteiger partial charge in [-0.2, -0.15) is 5.26 Å². The van der Waals surface area contributed by atoms with E-state index >= 15 is 0 Å². The molecule has 0 aliphatic carbocycles. The van der Waals surface area contributed by atoms with E-state index in [-0.39, 0.29) is 17.2 Å². The van der Waals surface area contributed by atoms with Crippen LogP contribution in [0.3, 0.4) is 0 Å². The van der Waals surface area contributed by atoms with Crippen molar-refractivity contribution in [2.75, 3.05) is 19.8 Å². The molecule has 1 aromatic heterocycles. The number of aliphatic hydroxyl groups is 1. The van der Waals surface area contributed by atoms with E-state index in [1.165, 1.54) is 18.3 Å². The lowest BCUT2D eigenvalue weighted by Crippen LogP contribution is -2.54. The quantitative estimate of drug-likeness (QED) is 0.794. The Labute approximate surface area is 117 Å². The summed E-state index contributed by atoms with van der Waals surface area (Å²) in [6.07, 6.45) is 2.11. The van der Waals surface area contributed by atoms with Gasteiger partial charge < -0.3 is 9.84 Å². The Balaban J connectivity index is 2.33. The third-order valence-electron chi connectivity index (χ3n) is 3.27. The summed E-state index contributed by atoms with van der Waals surface area (Å²) < 4.78 is 32.5. The molecule has 1 fully saturated rings. The molecule has 1 aliphatic heterocycles. The van der Waals surface area contributed by atoms with Crippen LogP contribution >= 0.6 is 0 Å². The molecule has 8 heteroatoms. The Hall–Kier alpha value is -1.53. The first-order valence-electron chi connectivity index (χ1n) is 6.11. The molecule has 108 valence electrons. The van der Waals surface area contributed by atoms with Gasteiger partial charge in [-0.05, 0) is 25.0 Å². The van der Waals surface area contributed by atoms with Gasteiger partial charge in [-0.25, -0.2) is 18.1 Å². The van der Waals surface area contributed by atoms with E-state index in [9.17, 15) is 13.5 Å². The fourth-order valence-electron chi connectivity index (χ4n) is 2.09. The molecule has 0 amide bonds. The summed E-state index contributed by atoms with van der Waals surface area (Å²) in [5, 5.41) is 18.5. The van der Waals surface area contributed by atoms with E-state index in [1.54, 1.807) is 6.07 Å². The summed E-state index contributed by atoms with van der Waals surface area (Å²) in [5.41, 5.74) is -1.11. The summed E-state index contributed by atoms with van der Waals surface area (Å²) in [5.74, 6) is 0. The van der Waals surface area contributed by atoms with Gasteiger partial charge in [0.05, 0.1) is 12.1 Å². The highest BCUT2D eigenvalue weighted by molar-refractivity contribution is 7.89. The lowest BCUT2D eigenvalue weighted by Gasteiger charge is -2.35. The van der Waals surface area contributed by atoms with Gasteiger partial charge in [0, 0.05) is 19.4 Å². The smallest absolute Gasteiger partial charge is 0.244 e. The number of sulfonamides is 1. The number of aromatic nitrogens is 1. The third-order valence-corrected chi connectivity index (χ3v) is 4.88. The van der Waals surface area contributed by atoms with Crippen molar-refractivity contribution in [1.82, 2.24) is 9.71 Å². The number of nitrogens with zero attached hydrogens (tertiary/aromatic N) is 2. The maximum Gasteiger partial charge on any atom is 0.244 e. The van der Waals surface area contributed by atoms with Crippen molar-refractivity contribution in [3.63, 3.8) is 0 Å². The molecule has 0 saturated carbocycles. The molecule has 7 nitrogen and oxygen atoms in total. The number of ether oxygens (including phenoxy) is 1. The highest BCUT2D eigenvalue weighted by Crippen LogP contribution is 2.23. The molecule has 20 heavy (non-hydrogen) atoms. The predicted molar refractivity (Wildman–Crippen MR) is 69.1 cm³/mol. The molecule has 2 N–H and O–H groups in total. The molecule has 1 aromatic rings. The first-order chi connectivity index (χ1) is 9.53. The molecule has 0 unspecified atom stereocenters. The Morgan fingerprint density at radius 2 is 2.20 bits per heavy atom. The van der Waals surface area contributed by atoms with E-state index in [1.807, 2.05) is 0 Å². The van der Waals surface area contributed by atoms with E-state index < -0.39 is 15.6 Å². The predicted octanol–water partition coefficient (Wildman–Crippen LogP) is -0.227. The molecule has 1 aliphatic rings. The molecular formula is C12H15N3O4S. The number of aliphatic hydroxyl groups excluding tert-OH is 1. The fraction of sp³-hybridized carbons (Fsp3) is 0.500. The zero-order valence-corrected chi connectivity index (χ0v) is 11.6. The summed E-state index contributed by atoms with van der Waals surface area (Å²) in [7, 11) is -3.92. The second-order valence-electron chi connectivity index (χ2n) is 4.62. The van der Waals surface area contributed by atoms with Gasteiger partial charge in [-0.3, -0.25) is 0 Å². The fourth-order valence-corrected chi connectivity index (χ4v) is 3.65. The molecule has 0 bridgehead atoms. The van der Waals surface area contributed by atoms with E-state index in [4.69, 9.17) is 10.00 Å². The minimum absolute atomic E-state index is 0.167. The largest absolute Gasteiger partial charge is 0.394 e. The maximum absolute atomic E-state index is 12.4. The van der Waals surface area contributed by atoms with Crippen molar-refractivity contribution in [2.24, 2.45) is 0 Å². The van der Waals surface area contributed by atoms with Crippen LogP contribution in [0, 0.1) is 11.3 Å². The van der Waals surface area contributed by atoms with Crippen molar-refractivity contribution in [1.29, 1.82) is 5.26 Å². The standard InChI is InChI=1S/C12H15N3O4S/c13-8-10-11(2-1-5-14-10)20(17,18)15-12(9-16)3-6-19-7-4-12/h1-2,5,15-16H,3-4,6-7,9H2. The second-order valence-corrected chi connectivity index (χ2v) is 6.27. The molecule has 2 heterocycles. The summed E-state index contributed by atoms with van der Waals surface area (Å²) >= 11 is 0. The van der Waals surface area contributed by atoms with Gasteiger partial charge in [-0.15, -0.1) is 0 Å². The van der Waals surface area contributed by atoms with Crippen LogP contribution in [0.5, 0.6) is 0 Å². The highest BCUT2D eigenvalue weighted by atomic mass is 32.2. The molecular weight excluding hydrogens is 282 g/mol. The second kappa shape index (κ2) is 5.85. The van der Waals surface area contributed by atoms with Crippen LogP contribution in [0.15, 0.2) is 23.2 Å². The zero-order chi connectivity index (χ0) is 14.6. The third kappa shape index (κ3) is 2.96. The van der Waals surface area contributed by atoms with Crippen LogP contribution in [-0.2, 0) is 14.8 Å². The minimum atomic E-state index is -3.92. The summed E-state index contributed by atoms with van der Waals surface area (Å²) in [6, 6.07) is 4.52. The van der Waals surface area contributed by atoms with Gasteiger partial charge in [0.1, 0.15) is 11.0 Å². The van der Waals surface area contributed by atoms with Crippen molar-refractivity contribution in [2.45, 2.75) is 23.3 Å². The van der Waals surface area contributed by atoms with Crippen LogP contribution in [0.25, 0.3) is 0 Å². The van der Waals surface area contributed by atoms with Gasteiger partial charge in [0.2, 0.25) is 10.0 Å². The maximum atomic E-state index is 12.4. The Kier molecular flexibility index (Phi) is 4.35. The molecule has 0 spiro atoms. The van der Waals surface area contributed by atoms with Gasteiger partial charge in [-0.1, -0.05) is 0 Å². The van der Waals surface area contributed by atoms with Gasteiger partial charge >= 0.3 is 0 Å². The minimum Gasteiger partial charge on any atom is -0.394 e.